The lowest BCUT2D eigenvalue weighted by molar-refractivity contribution is -0.166. The van der Waals surface area contributed by atoms with Crippen molar-refractivity contribution in [3.8, 4) is 0 Å². The number of fused-ring (bicyclic) bond motifs is 2. The van der Waals surface area contributed by atoms with Gasteiger partial charge in [0, 0.05) is 47.3 Å². The molecule has 0 amide bonds. The fourth-order valence-electron chi connectivity index (χ4n) is 6.12. The van der Waals surface area contributed by atoms with E-state index in [2.05, 4.69) is 55.9 Å². The van der Waals surface area contributed by atoms with E-state index in [1.54, 1.807) is 4.90 Å². The molecule has 1 N–H and O–H groups in total. The molecule has 0 saturated carbocycles. The molecule has 8 rings (SSSR count). The molecule has 1 aromatic carbocycles. The first-order valence-electron chi connectivity index (χ1n) is 17.2. The molecule has 3 aliphatic rings. The number of alkyl halides is 7. The molecule has 2 fully saturated rings. The summed E-state index contributed by atoms with van der Waals surface area (Å²) in [5.74, 6) is -3.81. The molecule has 3 aliphatic heterocycles. The van der Waals surface area contributed by atoms with Gasteiger partial charge in [0.2, 0.25) is 5.65 Å². The maximum atomic E-state index is 13.9. The predicted octanol–water partition coefficient (Wildman–Crippen LogP) is 7.14. The Balaban J connectivity index is 0.000000197. The highest BCUT2D eigenvalue weighted by atomic mass is 35.5. The third kappa shape index (κ3) is 7.45. The molecule has 55 heavy (non-hydrogen) atoms. The van der Waals surface area contributed by atoms with Crippen molar-refractivity contribution in [3.05, 3.63) is 46.0 Å². The van der Waals surface area contributed by atoms with Gasteiger partial charge in [-0.1, -0.05) is 70.5 Å². The molecule has 0 spiro atoms. The van der Waals surface area contributed by atoms with Gasteiger partial charge in [-0.2, -0.15) is 23.5 Å². The number of nitrogens with zero attached hydrogens (tertiary/aromatic N) is 13. The van der Waals surface area contributed by atoms with Crippen LogP contribution < -0.4 is 9.80 Å². The van der Waals surface area contributed by atoms with Crippen LogP contribution in [-0.4, -0.2) is 94.5 Å². The van der Waals surface area contributed by atoms with Gasteiger partial charge in [0.15, 0.2) is 28.3 Å². The van der Waals surface area contributed by atoms with Gasteiger partial charge in [0.25, 0.3) is 11.8 Å². The number of hydrogen-bond donors (Lipinski definition) is 1. The van der Waals surface area contributed by atoms with Crippen LogP contribution >= 0.6 is 11.6 Å². The third-order valence-electron chi connectivity index (χ3n) is 9.26. The number of aromatic nitrogens is 10. The van der Waals surface area contributed by atoms with Crippen LogP contribution in [0.5, 0.6) is 0 Å². The Morgan fingerprint density at radius 1 is 0.764 bits per heavy atom. The molecule has 7 heterocycles. The van der Waals surface area contributed by atoms with Crippen molar-refractivity contribution in [2.45, 2.75) is 95.4 Å². The molecule has 5 aromatic rings. The van der Waals surface area contributed by atoms with Crippen LogP contribution in [0.4, 0.5) is 42.4 Å². The topological polar surface area (TPSA) is 155 Å². The largest absolute Gasteiger partial charge is 0.442 e. The maximum absolute atomic E-state index is 13.9. The van der Waals surface area contributed by atoms with Gasteiger partial charge in [-0.3, -0.25) is 0 Å². The van der Waals surface area contributed by atoms with E-state index in [-0.39, 0.29) is 66.4 Å². The Morgan fingerprint density at radius 2 is 1.33 bits per heavy atom. The number of aromatic amines is 1. The number of hydrogen-bond acceptors (Lipinski definition) is 12. The number of rotatable bonds is 5. The highest BCUT2D eigenvalue weighted by Crippen LogP contribution is 2.52. The Hall–Kier alpha value is -4.82. The van der Waals surface area contributed by atoms with Crippen LogP contribution in [0.3, 0.4) is 0 Å². The van der Waals surface area contributed by atoms with Crippen LogP contribution in [0, 0.1) is 0 Å². The second kappa shape index (κ2) is 12.9. The number of nitrogens with one attached hydrogen (secondary N) is 1. The van der Waals surface area contributed by atoms with E-state index in [0.29, 0.717) is 39.8 Å². The van der Waals surface area contributed by atoms with Crippen molar-refractivity contribution in [1.29, 1.82) is 0 Å². The van der Waals surface area contributed by atoms with E-state index in [1.165, 1.54) is 27.8 Å². The molecule has 2 saturated heterocycles. The Bertz CT molecular complexity index is 2280. The molecule has 0 atom stereocenters. The van der Waals surface area contributed by atoms with Gasteiger partial charge >= 0.3 is 11.8 Å². The summed E-state index contributed by atoms with van der Waals surface area (Å²) in [5.41, 5.74) is -1.65. The molecule has 294 valence electrons. The third-order valence-corrected chi connectivity index (χ3v) is 9.61. The summed E-state index contributed by atoms with van der Waals surface area (Å²) < 4.78 is 96.1. The van der Waals surface area contributed by atoms with Crippen molar-refractivity contribution < 1.29 is 30.7 Å². The fraction of sp³-hybridized carbons (Fsp3) is 0.576. The smallest absolute Gasteiger partial charge is 0.348 e. The van der Waals surface area contributed by atoms with Crippen molar-refractivity contribution in [2.75, 3.05) is 36.0 Å². The quantitative estimate of drug-likeness (QED) is 0.182. The lowest BCUT2D eigenvalue weighted by atomic mass is 9.95. The zero-order chi connectivity index (χ0) is 39.9. The second-order valence-corrected chi connectivity index (χ2v) is 16.3. The van der Waals surface area contributed by atoms with Crippen LogP contribution in [0.2, 0.25) is 5.02 Å². The van der Waals surface area contributed by atoms with Crippen molar-refractivity contribution in [2.24, 2.45) is 10.2 Å². The molecule has 22 heteroatoms. The van der Waals surface area contributed by atoms with E-state index in [0.717, 1.165) is 0 Å². The Labute approximate surface area is 314 Å². The fourth-order valence-corrected chi connectivity index (χ4v) is 6.36. The summed E-state index contributed by atoms with van der Waals surface area (Å²) >= 11 is 6.32. The standard InChI is InChI=1S/C21H20ClF5N8.C12H16F2N6/c1-18(2,3)17-28-15(34-7-6-19(23,24)10-34)14-16(29-17)35(33-30-14)9-11-4-5-12(8-13(11)22)20(31-32-20)21(25,26)27;1-11(2,3)10-15-8-7(17-19-18-8)9(16-10)20-5-4-12(13,14)6-20/h4-5,8H,6-7,9-10H2,1-3H3;4-6H2,1-3H3,(H,15,16,17,18,19). The van der Waals surface area contributed by atoms with E-state index in [1.807, 2.05) is 41.5 Å². The summed E-state index contributed by atoms with van der Waals surface area (Å²) in [6.45, 7) is 11.2. The normalized spacial score (nSPS) is 19.0. The van der Waals surface area contributed by atoms with Crippen molar-refractivity contribution in [3.63, 3.8) is 0 Å². The summed E-state index contributed by atoms with van der Waals surface area (Å²) in [4.78, 5) is 21.0. The zero-order valence-corrected chi connectivity index (χ0v) is 31.3. The highest BCUT2D eigenvalue weighted by molar-refractivity contribution is 6.31. The van der Waals surface area contributed by atoms with Crippen LogP contribution in [0.1, 0.15) is 77.2 Å². The average molecular weight is 797 g/mol. The molecule has 0 aliphatic carbocycles. The summed E-state index contributed by atoms with van der Waals surface area (Å²) in [6, 6.07) is 3.88. The first-order valence-corrected chi connectivity index (χ1v) is 17.6. The maximum Gasteiger partial charge on any atom is 0.442 e. The van der Waals surface area contributed by atoms with Gasteiger partial charge in [-0.05, 0) is 11.6 Å². The predicted molar refractivity (Wildman–Crippen MR) is 187 cm³/mol. The Kier molecular flexibility index (Phi) is 9.00. The molecule has 14 nitrogen and oxygen atoms in total. The first-order chi connectivity index (χ1) is 25.5. The number of halogens is 8. The minimum atomic E-state index is -4.66. The van der Waals surface area contributed by atoms with Crippen LogP contribution in [-0.2, 0) is 23.0 Å². The van der Waals surface area contributed by atoms with Crippen LogP contribution in [0.25, 0.3) is 22.3 Å². The SMILES string of the molecule is CC(C)(C)c1nc(N2CCC(F)(F)C2)c2n[nH]nc2n1.CC(C)(C)c1nc(N2CCC(F)(F)C2)c2nnn(Cc3ccc(C4(C(F)(F)F)N=N4)cc3Cl)c2n1. The lowest BCUT2D eigenvalue weighted by Gasteiger charge is -2.22. The molecular formula is C33H36ClF7N14. The van der Waals surface area contributed by atoms with Gasteiger partial charge in [0.05, 0.1) is 19.6 Å². The first kappa shape index (κ1) is 38.5. The number of H-pyrrole nitrogens is 1. The summed E-state index contributed by atoms with van der Waals surface area (Å²) in [5, 5.41) is 25.1. The summed E-state index contributed by atoms with van der Waals surface area (Å²) in [6.07, 6.45) is -5.12. The average Bonchev–Trinajstić information content (AvgIpc) is 3.33. The molecule has 4 aromatic heterocycles. The van der Waals surface area contributed by atoms with Crippen LogP contribution in [0.15, 0.2) is 28.4 Å². The molecule has 0 radical (unpaired) electrons. The number of benzene rings is 1. The summed E-state index contributed by atoms with van der Waals surface area (Å²) in [7, 11) is 0. The molecule has 0 bridgehead atoms. The van der Waals surface area contributed by atoms with E-state index in [4.69, 9.17) is 11.6 Å². The van der Waals surface area contributed by atoms with Crippen molar-refractivity contribution in [1.82, 2.24) is 50.3 Å². The van der Waals surface area contributed by atoms with E-state index in [9.17, 15) is 30.7 Å². The molecule has 0 unspecified atom stereocenters. The Morgan fingerprint density at radius 3 is 1.82 bits per heavy atom. The van der Waals surface area contributed by atoms with Gasteiger partial charge in [-0.25, -0.2) is 42.2 Å². The monoisotopic (exact) mass is 796 g/mol. The van der Waals surface area contributed by atoms with E-state index < -0.39 is 35.6 Å². The van der Waals surface area contributed by atoms with Gasteiger partial charge in [0.1, 0.15) is 11.6 Å². The number of anilines is 2. The van der Waals surface area contributed by atoms with Crippen molar-refractivity contribution >= 4 is 45.6 Å². The lowest BCUT2D eigenvalue weighted by Crippen LogP contribution is -2.30. The van der Waals surface area contributed by atoms with E-state index >= 15 is 0 Å². The van der Waals surface area contributed by atoms with Gasteiger partial charge < -0.3 is 9.80 Å². The van der Waals surface area contributed by atoms with Gasteiger partial charge in [-0.15, -0.1) is 20.4 Å². The minimum absolute atomic E-state index is 0.0408. The molecular weight excluding hydrogens is 761 g/mol. The second-order valence-electron chi connectivity index (χ2n) is 15.9. The zero-order valence-electron chi connectivity index (χ0n) is 30.5. The highest BCUT2D eigenvalue weighted by Gasteiger charge is 2.65. The minimum Gasteiger partial charge on any atom is -0.348 e.